The Kier molecular flexibility index (Phi) is 5.75. The van der Waals surface area contributed by atoms with Crippen molar-refractivity contribution in [3.63, 3.8) is 0 Å². The van der Waals surface area contributed by atoms with Crippen molar-refractivity contribution in [3.05, 3.63) is 36.2 Å². The Morgan fingerprint density at radius 2 is 1.86 bits per heavy atom. The number of nitrogen functional groups attached to an aromatic ring is 1. The highest BCUT2D eigenvalue weighted by molar-refractivity contribution is 5.90. The number of piperidine rings is 1. The van der Waals surface area contributed by atoms with Crippen LogP contribution in [0.1, 0.15) is 10.7 Å². The number of likely N-dealkylation sites (tertiary alicyclic amines) is 1. The quantitative estimate of drug-likeness (QED) is 0.525. The van der Waals surface area contributed by atoms with Crippen molar-refractivity contribution in [1.29, 1.82) is 0 Å². The number of hydrogen-bond acceptors (Lipinski definition) is 10. The zero-order chi connectivity index (χ0) is 24.7. The lowest BCUT2D eigenvalue weighted by atomic mass is 10.3. The summed E-state index contributed by atoms with van der Waals surface area (Å²) in [7, 11) is 1.76. The zero-order valence-corrected chi connectivity index (χ0v) is 18.5. The van der Waals surface area contributed by atoms with Crippen molar-refractivity contribution < 1.29 is 27.2 Å². The summed E-state index contributed by atoms with van der Waals surface area (Å²) in [6.45, 7) is -0.444. The van der Waals surface area contributed by atoms with Crippen LogP contribution in [-0.4, -0.2) is 75.4 Å². The second kappa shape index (κ2) is 8.76. The molecule has 1 aliphatic heterocycles. The number of benzene rings is 1. The smallest absolute Gasteiger partial charge is 0.372 e. The lowest BCUT2D eigenvalue weighted by Gasteiger charge is -2.18. The first-order valence-electron chi connectivity index (χ1n) is 10.8. The monoisotopic (exact) mass is 490 g/mol. The van der Waals surface area contributed by atoms with E-state index in [-0.39, 0.29) is 53.8 Å². The first-order valence-corrected chi connectivity index (χ1v) is 10.8. The van der Waals surface area contributed by atoms with Crippen LogP contribution < -0.4 is 10.6 Å². The average molecular weight is 490 g/mol. The van der Waals surface area contributed by atoms with Gasteiger partial charge in [0.2, 0.25) is 23.5 Å². The van der Waals surface area contributed by atoms with Crippen LogP contribution in [-0.2, 0) is 4.74 Å². The number of ether oxygens (including phenoxy) is 1. The van der Waals surface area contributed by atoms with Crippen molar-refractivity contribution in [3.8, 4) is 11.6 Å². The van der Waals surface area contributed by atoms with Gasteiger partial charge in [-0.1, -0.05) is 23.4 Å². The van der Waals surface area contributed by atoms with E-state index in [4.69, 9.17) is 15.0 Å². The van der Waals surface area contributed by atoms with E-state index in [0.717, 1.165) is 5.69 Å². The Hall–Kier alpha value is -3.81. The van der Waals surface area contributed by atoms with E-state index < -0.39 is 18.7 Å². The molecule has 0 radical (unpaired) electrons. The Morgan fingerprint density at radius 3 is 2.54 bits per heavy atom. The average Bonchev–Trinajstić information content (AvgIpc) is 3.20. The summed E-state index contributed by atoms with van der Waals surface area (Å²) < 4.78 is 46.6. The Bertz CT molecular complexity index is 1210. The van der Waals surface area contributed by atoms with Crippen LogP contribution in [0.15, 0.2) is 34.9 Å². The number of carbonyl (C=O) groups excluding carboxylic acids is 1. The third-order valence-electron chi connectivity index (χ3n) is 6.13. The van der Waals surface area contributed by atoms with Crippen molar-refractivity contribution in [1.82, 2.24) is 30.0 Å². The molecule has 184 valence electrons. The van der Waals surface area contributed by atoms with Crippen LogP contribution in [0, 0.1) is 17.8 Å². The SMILES string of the molecule is CN(c1ccccc1)c1nc(N)nc(-c2noc(C(=O)N3CC4C(COCC(F)(F)F)C4C3)n2)n1. The highest BCUT2D eigenvalue weighted by Gasteiger charge is 2.57. The van der Waals surface area contributed by atoms with Gasteiger partial charge in [0.25, 0.3) is 0 Å². The zero-order valence-electron chi connectivity index (χ0n) is 18.5. The number of para-hydroxylation sites is 1. The number of carbonyl (C=O) groups is 1. The lowest BCUT2D eigenvalue weighted by Crippen LogP contribution is -2.32. The number of anilines is 3. The van der Waals surface area contributed by atoms with Crippen molar-refractivity contribution >= 4 is 23.5 Å². The molecular formula is C21H21F3N8O3. The van der Waals surface area contributed by atoms with Crippen LogP contribution in [0.4, 0.5) is 30.8 Å². The van der Waals surface area contributed by atoms with E-state index in [2.05, 4.69) is 25.1 Å². The summed E-state index contributed by atoms with van der Waals surface area (Å²) in [6.07, 6.45) is -4.34. The lowest BCUT2D eigenvalue weighted by molar-refractivity contribution is -0.175. The molecule has 2 aliphatic rings. The van der Waals surface area contributed by atoms with Gasteiger partial charge in [0, 0.05) is 25.8 Å². The van der Waals surface area contributed by atoms with Gasteiger partial charge >= 0.3 is 18.0 Å². The van der Waals surface area contributed by atoms with Gasteiger partial charge in [-0.25, -0.2) is 0 Å². The molecule has 14 heteroatoms. The molecule has 2 atom stereocenters. The van der Waals surface area contributed by atoms with Gasteiger partial charge < -0.3 is 24.8 Å². The molecule has 5 rings (SSSR count). The minimum absolute atomic E-state index is 0.0204. The third-order valence-corrected chi connectivity index (χ3v) is 6.13. The van der Waals surface area contributed by atoms with Crippen molar-refractivity contribution in [2.75, 3.05) is 44.0 Å². The van der Waals surface area contributed by atoms with Gasteiger partial charge in [-0.15, -0.1) is 0 Å². The fourth-order valence-corrected chi connectivity index (χ4v) is 4.31. The van der Waals surface area contributed by atoms with E-state index >= 15 is 0 Å². The topological polar surface area (TPSA) is 136 Å². The van der Waals surface area contributed by atoms with Gasteiger partial charge in [0.15, 0.2) is 0 Å². The van der Waals surface area contributed by atoms with E-state index in [1.165, 1.54) is 0 Å². The van der Waals surface area contributed by atoms with Gasteiger partial charge in [0.05, 0.1) is 6.61 Å². The largest absolute Gasteiger partial charge is 0.411 e. The summed E-state index contributed by atoms with van der Waals surface area (Å²) in [6, 6.07) is 9.37. The van der Waals surface area contributed by atoms with Gasteiger partial charge in [-0.3, -0.25) is 4.79 Å². The van der Waals surface area contributed by atoms with Crippen molar-refractivity contribution in [2.45, 2.75) is 6.18 Å². The fourth-order valence-electron chi connectivity index (χ4n) is 4.31. The summed E-state index contributed by atoms with van der Waals surface area (Å²) in [5.74, 6) is -0.232. The highest BCUT2D eigenvalue weighted by atomic mass is 19.4. The van der Waals surface area contributed by atoms with Crippen LogP contribution >= 0.6 is 0 Å². The van der Waals surface area contributed by atoms with Gasteiger partial charge in [0.1, 0.15) is 6.61 Å². The molecule has 2 fully saturated rings. The number of aromatic nitrogens is 5. The minimum Gasteiger partial charge on any atom is -0.372 e. The first-order chi connectivity index (χ1) is 16.7. The van der Waals surface area contributed by atoms with Crippen LogP contribution in [0.25, 0.3) is 11.6 Å². The standard InChI is InChI=1S/C21H21F3N8O3/c1-31(11-5-3-2-4-6-11)20-28-15(27-19(25)29-20)16-26-17(35-30-16)18(33)32-7-12-13(8-32)14(12)9-34-10-21(22,23)24/h2-6,12-14H,7-10H2,1H3,(H2,25,27,28,29). The maximum Gasteiger partial charge on any atom is 0.411 e. The fraction of sp³-hybridized carbons (Fsp3) is 0.429. The van der Waals surface area contributed by atoms with E-state index in [1.54, 1.807) is 16.8 Å². The molecule has 1 aromatic carbocycles. The molecule has 2 unspecified atom stereocenters. The second-order valence-electron chi connectivity index (χ2n) is 8.47. The summed E-state index contributed by atoms with van der Waals surface area (Å²) in [5.41, 5.74) is 6.67. The molecule has 3 aromatic rings. The van der Waals surface area contributed by atoms with E-state index in [1.807, 2.05) is 30.3 Å². The van der Waals surface area contributed by atoms with E-state index in [0.29, 0.717) is 13.1 Å². The number of alkyl halides is 3. The van der Waals surface area contributed by atoms with Crippen LogP contribution in [0.2, 0.25) is 0 Å². The summed E-state index contributed by atoms with van der Waals surface area (Å²) in [4.78, 5) is 32.7. The summed E-state index contributed by atoms with van der Waals surface area (Å²) in [5, 5.41) is 3.81. The van der Waals surface area contributed by atoms with E-state index in [9.17, 15) is 18.0 Å². The molecule has 0 bridgehead atoms. The number of nitrogens with two attached hydrogens (primary N) is 1. The summed E-state index contributed by atoms with van der Waals surface area (Å²) >= 11 is 0. The molecule has 1 aliphatic carbocycles. The molecule has 1 saturated carbocycles. The second-order valence-corrected chi connectivity index (χ2v) is 8.47. The molecule has 11 nitrogen and oxygen atoms in total. The predicted molar refractivity (Wildman–Crippen MR) is 115 cm³/mol. The number of halogens is 3. The Labute approximate surface area is 197 Å². The Morgan fingerprint density at radius 1 is 1.14 bits per heavy atom. The third kappa shape index (κ3) is 4.87. The maximum absolute atomic E-state index is 12.8. The van der Waals surface area contributed by atoms with Crippen molar-refractivity contribution in [2.24, 2.45) is 17.8 Å². The first kappa shape index (κ1) is 23.0. The Balaban J connectivity index is 1.23. The van der Waals surface area contributed by atoms with Crippen LogP contribution in [0.3, 0.4) is 0 Å². The van der Waals surface area contributed by atoms with Gasteiger partial charge in [-0.2, -0.15) is 33.1 Å². The number of fused-ring (bicyclic) bond motifs is 1. The van der Waals surface area contributed by atoms with Gasteiger partial charge in [-0.05, 0) is 29.9 Å². The number of rotatable bonds is 7. The van der Waals surface area contributed by atoms with Crippen LogP contribution in [0.5, 0.6) is 0 Å². The molecule has 1 amide bonds. The molecule has 0 spiro atoms. The predicted octanol–water partition coefficient (Wildman–Crippen LogP) is 2.17. The number of hydrogen-bond donors (Lipinski definition) is 1. The molecule has 1 saturated heterocycles. The number of amides is 1. The molecular weight excluding hydrogens is 469 g/mol. The molecule has 2 N–H and O–H groups in total. The number of nitrogens with zero attached hydrogens (tertiary/aromatic N) is 7. The highest BCUT2D eigenvalue weighted by Crippen LogP contribution is 2.52. The molecule has 2 aromatic heterocycles. The molecule has 3 heterocycles. The molecule has 35 heavy (non-hydrogen) atoms. The minimum atomic E-state index is -4.34. The normalized spacial score (nSPS) is 21.1. The maximum atomic E-state index is 12.8.